The fraction of sp³-hybridized carbons (Fsp3) is 1.00. The topological polar surface area (TPSA) is 26.0 Å². The fourth-order valence-corrected chi connectivity index (χ4v) is 0. The second kappa shape index (κ2) is 15.9. The molecule has 0 aromatic rings. The van der Waals surface area contributed by atoms with Crippen LogP contribution in [-0.4, -0.2) is 19.1 Å². The predicted molar refractivity (Wildman–Crippen MR) is 41.8 cm³/mol. The lowest BCUT2D eigenvalue weighted by atomic mass is 10.8. The molecular formula is C4H13NS2. The SMILES string of the molecule is CCN.CSSC. The van der Waals surface area contributed by atoms with Gasteiger partial charge >= 0.3 is 0 Å². The third-order valence-corrected chi connectivity index (χ3v) is 1.50. The van der Waals surface area contributed by atoms with Crippen molar-refractivity contribution in [3.05, 3.63) is 0 Å². The lowest BCUT2D eigenvalue weighted by Gasteiger charge is -1.69. The Morgan fingerprint density at radius 1 is 1.29 bits per heavy atom. The van der Waals surface area contributed by atoms with E-state index in [1.165, 1.54) is 0 Å². The summed E-state index contributed by atoms with van der Waals surface area (Å²) >= 11 is 0. The van der Waals surface area contributed by atoms with Crippen molar-refractivity contribution in [1.82, 2.24) is 0 Å². The minimum Gasteiger partial charge on any atom is -0.331 e. The Balaban J connectivity index is 0. The van der Waals surface area contributed by atoms with Crippen molar-refractivity contribution < 1.29 is 0 Å². The molecule has 0 saturated carbocycles. The first kappa shape index (κ1) is 10.6. The van der Waals surface area contributed by atoms with Crippen LogP contribution in [0.15, 0.2) is 0 Å². The van der Waals surface area contributed by atoms with Gasteiger partial charge < -0.3 is 5.73 Å². The van der Waals surface area contributed by atoms with Crippen LogP contribution in [0.3, 0.4) is 0 Å². The van der Waals surface area contributed by atoms with Gasteiger partial charge in [0.15, 0.2) is 0 Å². The first-order valence-corrected chi connectivity index (χ1v) is 5.06. The Labute approximate surface area is 53.8 Å². The van der Waals surface area contributed by atoms with Crippen LogP contribution in [0.2, 0.25) is 0 Å². The summed E-state index contributed by atoms with van der Waals surface area (Å²) in [5, 5.41) is 0. The second-order valence-electron chi connectivity index (χ2n) is 0.742. The van der Waals surface area contributed by atoms with E-state index < -0.39 is 0 Å². The van der Waals surface area contributed by atoms with E-state index in [9.17, 15) is 0 Å². The molecule has 0 spiro atoms. The third-order valence-electron chi connectivity index (χ3n) is 0.167. The third kappa shape index (κ3) is 52.5. The van der Waals surface area contributed by atoms with E-state index in [-0.39, 0.29) is 0 Å². The van der Waals surface area contributed by atoms with E-state index in [2.05, 4.69) is 12.5 Å². The van der Waals surface area contributed by atoms with Crippen LogP contribution in [0.1, 0.15) is 6.92 Å². The summed E-state index contributed by atoms with van der Waals surface area (Å²) in [6, 6.07) is 0. The minimum absolute atomic E-state index is 0.750. The van der Waals surface area contributed by atoms with Crippen LogP contribution < -0.4 is 5.73 Å². The van der Waals surface area contributed by atoms with Crippen LogP contribution in [0, 0.1) is 0 Å². The average Bonchev–Trinajstić information content (AvgIpc) is 1.69. The summed E-state index contributed by atoms with van der Waals surface area (Å²) in [4.78, 5) is 0. The highest BCUT2D eigenvalue weighted by molar-refractivity contribution is 8.76. The molecule has 0 aliphatic carbocycles. The van der Waals surface area contributed by atoms with Gasteiger partial charge in [-0.05, 0) is 19.1 Å². The molecule has 0 aromatic carbocycles. The summed E-state index contributed by atoms with van der Waals surface area (Å²) in [5.74, 6) is 0. The van der Waals surface area contributed by atoms with Crippen LogP contribution in [0.5, 0.6) is 0 Å². The molecule has 2 N–H and O–H groups in total. The first-order chi connectivity index (χ1) is 3.33. The van der Waals surface area contributed by atoms with Gasteiger partial charge in [-0.3, -0.25) is 0 Å². The number of hydrogen-bond donors (Lipinski definition) is 1. The van der Waals surface area contributed by atoms with Crippen molar-refractivity contribution in [2.24, 2.45) is 5.73 Å². The molecule has 1 nitrogen and oxygen atoms in total. The second-order valence-corrected chi connectivity index (χ2v) is 3.41. The van der Waals surface area contributed by atoms with Gasteiger partial charge in [0.1, 0.15) is 0 Å². The van der Waals surface area contributed by atoms with Gasteiger partial charge in [-0.1, -0.05) is 28.5 Å². The van der Waals surface area contributed by atoms with Crippen molar-refractivity contribution in [3.63, 3.8) is 0 Å². The summed E-state index contributed by atoms with van der Waals surface area (Å²) < 4.78 is 0. The molecule has 0 fully saturated rings. The minimum atomic E-state index is 0.750. The maximum Gasteiger partial charge on any atom is -0.00793 e. The lowest BCUT2D eigenvalue weighted by molar-refractivity contribution is 1.14. The Hall–Kier alpha value is 0.660. The molecule has 0 amide bonds. The smallest absolute Gasteiger partial charge is 0.00793 e. The van der Waals surface area contributed by atoms with E-state index in [4.69, 9.17) is 5.73 Å². The number of hydrogen-bond acceptors (Lipinski definition) is 3. The highest BCUT2D eigenvalue weighted by Gasteiger charge is 1.55. The van der Waals surface area contributed by atoms with E-state index in [0.29, 0.717) is 0 Å². The predicted octanol–water partition coefficient (Wildman–Crippen LogP) is 1.59. The van der Waals surface area contributed by atoms with Crippen LogP contribution >= 0.6 is 21.6 Å². The maximum absolute atomic E-state index is 4.85. The molecule has 0 saturated heterocycles. The zero-order chi connectivity index (χ0) is 6.12. The van der Waals surface area contributed by atoms with Crippen LogP contribution in [0.4, 0.5) is 0 Å². The molecule has 0 aromatic heterocycles. The maximum atomic E-state index is 4.85. The zero-order valence-corrected chi connectivity index (χ0v) is 6.73. The van der Waals surface area contributed by atoms with Gasteiger partial charge in [0, 0.05) is 0 Å². The lowest BCUT2D eigenvalue weighted by Crippen LogP contribution is -1.87. The van der Waals surface area contributed by atoms with Crippen molar-refractivity contribution in [2.45, 2.75) is 6.92 Å². The molecule has 0 rings (SSSR count). The van der Waals surface area contributed by atoms with E-state index in [1.807, 2.05) is 6.92 Å². The summed E-state index contributed by atoms with van der Waals surface area (Å²) in [5.41, 5.74) is 4.85. The Bertz CT molecular complexity index is 17.2. The molecule has 0 bridgehead atoms. The quantitative estimate of drug-likeness (QED) is 0.559. The van der Waals surface area contributed by atoms with Crippen LogP contribution in [-0.2, 0) is 0 Å². The summed E-state index contributed by atoms with van der Waals surface area (Å²) in [6.45, 7) is 2.65. The average molecular weight is 139 g/mol. The van der Waals surface area contributed by atoms with Gasteiger partial charge in [-0.2, -0.15) is 0 Å². The van der Waals surface area contributed by atoms with Gasteiger partial charge in [0.05, 0.1) is 0 Å². The standard InChI is InChI=1S/C2H7N.C2H6S2/c1-2-3;1-3-4-2/h2-3H2,1H3;1-2H3. The molecule has 0 aliphatic heterocycles. The first-order valence-electron chi connectivity index (χ1n) is 2.10. The molecule has 7 heavy (non-hydrogen) atoms. The van der Waals surface area contributed by atoms with Gasteiger partial charge in [0.25, 0.3) is 0 Å². The van der Waals surface area contributed by atoms with Crippen LogP contribution in [0.25, 0.3) is 0 Å². The molecule has 0 atom stereocenters. The zero-order valence-electron chi connectivity index (χ0n) is 5.10. The molecular weight excluding hydrogens is 126 g/mol. The normalized spacial score (nSPS) is 6.86. The molecule has 0 radical (unpaired) electrons. The van der Waals surface area contributed by atoms with Crippen molar-refractivity contribution in [2.75, 3.05) is 19.1 Å². The number of nitrogens with two attached hydrogens (primary N) is 1. The fourth-order valence-electron chi connectivity index (χ4n) is 0. The van der Waals surface area contributed by atoms with Crippen molar-refractivity contribution >= 4 is 21.6 Å². The van der Waals surface area contributed by atoms with Gasteiger partial charge in [0.2, 0.25) is 0 Å². The van der Waals surface area contributed by atoms with E-state index in [1.54, 1.807) is 21.6 Å². The van der Waals surface area contributed by atoms with Crippen molar-refractivity contribution in [3.8, 4) is 0 Å². The Kier molecular flexibility index (Phi) is 24.1. The Morgan fingerprint density at radius 2 is 1.43 bits per heavy atom. The highest BCUT2D eigenvalue weighted by Crippen LogP contribution is 2.09. The van der Waals surface area contributed by atoms with Gasteiger partial charge in [-0.15, -0.1) is 0 Å². The molecule has 46 valence electrons. The number of rotatable bonds is 1. The molecule has 0 aliphatic rings. The largest absolute Gasteiger partial charge is 0.331 e. The van der Waals surface area contributed by atoms with Crippen molar-refractivity contribution in [1.29, 1.82) is 0 Å². The highest BCUT2D eigenvalue weighted by atomic mass is 33.1. The van der Waals surface area contributed by atoms with E-state index in [0.717, 1.165) is 6.54 Å². The summed E-state index contributed by atoms with van der Waals surface area (Å²) in [6.07, 6.45) is 4.12. The monoisotopic (exact) mass is 139 g/mol. The molecule has 0 heterocycles. The summed E-state index contributed by atoms with van der Waals surface area (Å²) in [7, 11) is 3.55. The van der Waals surface area contributed by atoms with E-state index >= 15 is 0 Å². The Morgan fingerprint density at radius 3 is 1.43 bits per heavy atom. The van der Waals surface area contributed by atoms with Gasteiger partial charge in [-0.25, -0.2) is 0 Å². The molecule has 3 heteroatoms. The molecule has 0 unspecified atom stereocenters.